The molecule has 3 aromatic carbocycles. The molecule has 0 aromatic heterocycles. The van der Waals surface area contributed by atoms with Gasteiger partial charge in [0.1, 0.15) is 19.3 Å². The molecule has 3 aromatic rings. The summed E-state index contributed by atoms with van der Waals surface area (Å²) in [5.74, 6) is 1.85. The SMILES string of the molecule is CC#CCC(C(=O)OCc1ccccc1)[C@@H](NC(=O)OCC1c2ccccc2-c2ccccc21)C(=O)O. The number of nitrogens with one attached hydrogen (secondary N) is 1. The molecular weight excluding hydrogens is 470 g/mol. The number of carboxylic acids is 1. The van der Waals surface area contributed by atoms with Gasteiger partial charge < -0.3 is 19.9 Å². The van der Waals surface area contributed by atoms with E-state index in [2.05, 4.69) is 17.2 Å². The van der Waals surface area contributed by atoms with Gasteiger partial charge in [-0.1, -0.05) is 78.9 Å². The minimum Gasteiger partial charge on any atom is -0.480 e. The molecule has 1 amide bonds. The van der Waals surface area contributed by atoms with Gasteiger partial charge in [0.2, 0.25) is 0 Å². The van der Waals surface area contributed by atoms with Crippen LogP contribution in [0.4, 0.5) is 4.79 Å². The number of aliphatic carboxylic acids is 1. The van der Waals surface area contributed by atoms with Crippen LogP contribution >= 0.6 is 0 Å². The molecule has 2 N–H and O–H groups in total. The minimum atomic E-state index is -1.57. The lowest BCUT2D eigenvalue weighted by Gasteiger charge is -2.22. The summed E-state index contributed by atoms with van der Waals surface area (Å²) in [5, 5.41) is 12.2. The van der Waals surface area contributed by atoms with Gasteiger partial charge >= 0.3 is 18.0 Å². The predicted molar refractivity (Wildman–Crippen MR) is 137 cm³/mol. The minimum absolute atomic E-state index is 0.0179. The van der Waals surface area contributed by atoms with Gasteiger partial charge in [-0.25, -0.2) is 9.59 Å². The first kappa shape index (κ1) is 25.5. The molecule has 1 aliphatic rings. The third-order valence-electron chi connectivity index (χ3n) is 6.31. The molecule has 4 rings (SSSR count). The molecular formula is C30H27NO6. The van der Waals surface area contributed by atoms with Crippen molar-refractivity contribution in [1.29, 1.82) is 0 Å². The van der Waals surface area contributed by atoms with Gasteiger partial charge in [0.25, 0.3) is 0 Å². The van der Waals surface area contributed by atoms with Gasteiger partial charge in [-0.2, -0.15) is 0 Å². The van der Waals surface area contributed by atoms with Crippen molar-refractivity contribution in [1.82, 2.24) is 5.32 Å². The smallest absolute Gasteiger partial charge is 0.407 e. The molecule has 0 saturated carbocycles. The molecule has 0 fully saturated rings. The molecule has 0 spiro atoms. The number of amides is 1. The third-order valence-corrected chi connectivity index (χ3v) is 6.31. The van der Waals surface area contributed by atoms with Crippen LogP contribution in [0.1, 0.15) is 36.0 Å². The van der Waals surface area contributed by atoms with Crippen molar-refractivity contribution in [3.63, 3.8) is 0 Å². The van der Waals surface area contributed by atoms with E-state index in [4.69, 9.17) is 9.47 Å². The number of esters is 1. The van der Waals surface area contributed by atoms with Crippen molar-refractivity contribution in [2.75, 3.05) is 6.61 Å². The van der Waals surface area contributed by atoms with Crippen LogP contribution in [0.2, 0.25) is 0 Å². The highest BCUT2D eigenvalue weighted by Gasteiger charge is 2.37. The highest BCUT2D eigenvalue weighted by molar-refractivity contribution is 5.87. The first-order chi connectivity index (χ1) is 18.0. The highest BCUT2D eigenvalue weighted by Crippen LogP contribution is 2.44. The molecule has 7 heteroatoms. The lowest BCUT2D eigenvalue weighted by Crippen LogP contribution is -2.49. The lowest BCUT2D eigenvalue weighted by atomic mass is 9.96. The zero-order chi connectivity index (χ0) is 26.2. The van der Waals surface area contributed by atoms with Crippen molar-refractivity contribution in [3.05, 3.63) is 95.6 Å². The molecule has 1 aliphatic carbocycles. The van der Waals surface area contributed by atoms with E-state index in [1.807, 2.05) is 66.7 Å². The van der Waals surface area contributed by atoms with Crippen molar-refractivity contribution < 1.29 is 29.0 Å². The van der Waals surface area contributed by atoms with Crippen LogP contribution < -0.4 is 5.32 Å². The number of carbonyl (C=O) groups is 3. The number of hydrogen-bond donors (Lipinski definition) is 2. The lowest BCUT2D eigenvalue weighted by molar-refractivity contribution is -0.156. The van der Waals surface area contributed by atoms with Crippen LogP contribution in [0.5, 0.6) is 0 Å². The summed E-state index contributed by atoms with van der Waals surface area (Å²) in [6.45, 7) is 1.58. The molecule has 0 heterocycles. The largest absolute Gasteiger partial charge is 0.480 e. The van der Waals surface area contributed by atoms with Crippen molar-refractivity contribution >= 4 is 18.0 Å². The highest BCUT2D eigenvalue weighted by atomic mass is 16.6. The summed E-state index contributed by atoms with van der Waals surface area (Å²) in [6.07, 6.45) is -1.02. The Morgan fingerprint density at radius 3 is 2.08 bits per heavy atom. The molecule has 0 aliphatic heterocycles. The molecule has 188 valence electrons. The first-order valence-electron chi connectivity index (χ1n) is 11.9. The second kappa shape index (κ2) is 11.9. The average Bonchev–Trinajstić information content (AvgIpc) is 3.24. The standard InChI is InChI=1S/C30H27NO6/c1-2-3-13-25(29(34)36-18-20-11-5-4-6-12-20)27(28(32)33)31-30(35)37-19-26-23-16-9-7-14-21(23)22-15-8-10-17-24(22)26/h4-12,14-17,25-27H,13,18-19H2,1H3,(H,31,35)(H,32,33)/t25?,27-/m1/s1. The van der Waals surface area contributed by atoms with Crippen molar-refractivity contribution in [2.45, 2.75) is 31.9 Å². The zero-order valence-electron chi connectivity index (χ0n) is 20.3. The fraction of sp³-hybridized carbons (Fsp3) is 0.233. The second-order valence-electron chi connectivity index (χ2n) is 8.62. The Balaban J connectivity index is 1.44. The molecule has 0 saturated heterocycles. The van der Waals surface area contributed by atoms with Crippen LogP contribution in [0.25, 0.3) is 11.1 Å². The first-order valence-corrected chi connectivity index (χ1v) is 11.9. The van der Waals surface area contributed by atoms with Gasteiger partial charge in [-0.05, 0) is 34.7 Å². The maximum absolute atomic E-state index is 12.8. The third kappa shape index (κ3) is 5.99. The molecule has 2 atom stereocenters. The summed E-state index contributed by atoms with van der Waals surface area (Å²) < 4.78 is 10.8. The van der Waals surface area contributed by atoms with E-state index >= 15 is 0 Å². The normalized spacial score (nSPS) is 13.2. The van der Waals surface area contributed by atoms with Gasteiger partial charge in [-0.3, -0.25) is 4.79 Å². The molecule has 7 nitrogen and oxygen atoms in total. The van der Waals surface area contributed by atoms with E-state index < -0.39 is 30.0 Å². The molecule has 1 unspecified atom stereocenters. The van der Waals surface area contributed by atoms with Crippen molar-refractivity contribution in [3.8, 4) is 23.0 Å². The van der Waals surface area contributed by atoms with Crippen LogP contribution in [0.15, 0.2) is 78.9 Å². The van der Waals surface area contributed by atoms with Gasteiger partial charge in [-0.15, -0.1) is 11.8 Å². The Kier molecular flexibility index (Phi) is 8.22. The van der Waals surface area contributed by atoms with E-state index in [0.29, 0.717) is 0 Å². The van der Waals surface area contributed by atoms with Crippen LogP contribution in [-0.2, 0) is 25.7 Å². The Labute approximate surface area is 215 Å². The summed E-state index contributed by atoms with van der Waals surface area (Å²) >= 11 is 0. The van der Waals surface area contributed by atoms with Crippen molar-refractivity contribution in [2.24, 2.45) is 5.92 Å². The van der Waals surface area contributed by atoms with E-state index in [1.165, 1.54) is 0 Å². The molecule has 37 heavy (non-hydrogen) atoms. The van der Waals surface area contributed by atoms with Crippen LogP contribution in [-0.4, -0.2) is 35.8 Å². The number of fused-ring (bicyclic) bond motifs is 3. The number of benzene rings is 3. The fourth-order valence-corrected chi connectivity index (χ4v) is 4.49. The quantitative estimate of drug-likeness (QED) is 0.327. The Morgan fingerprint density at radius 2 is 1.49 bits per heavy atom. The number of alkyl carbamates (subject to hydrolysis) is 1. The summed E-state index contributed by atoms with van der Waals surface area (Å²) in [7, 11) is 0. The zero-order valence-corrected chi connectivity index (χ0v) is 20.3. The summed E-state index contributed by atoms with van der Waals surface area (Å²) in [4.78, 5) is 37.7. The average molecular weight is 498 g/mol. The monoisotopic (exact) mass is 497 g/mol. The number of carbonyl (C=O) groups excluding carboxylic acids is 2. The van der Waals surface area contributed by atoms with E-state index in [0.717, 1.165) is 27.8 Å². The maximum Gasteiger partial charge on any atom is 0.407 e. The number of carboxylic acid groups (broad SMARTS) is 1. The fourth-order valence-electron chi connectivity index (χ4n) is 4.49. The van der Waals surface area contributed by atoms with Crippen LogP contribution in [0.3, 0.4) is 0 Å². The Hall–Kier alpha value is -4.57. The maximum atomic E-state index is 12.8. The van der Waals surface area contributed by atoms with E-state index in [-0.39, 0.29) is 25.6 Å². The number of ether oxygens (including phenoxy) is 2. The number of hydrogen-bond acceptors (Lipinski definition) is 5. The van der Waals surface area contributed by atoms with Gasteiger partial charge in [0.15, 0.2) is 0 Å². The Morgan fingerprint density at radius 1 is 0.892 bits per heavy atom. The van der Waals surface area contributed by atoms with Gasteiger partial charge in [0.05, 0.1) is 5.92 Å². The van der Waals surface area contributed by atoms with E-state index in [9.17, 15) is 19.5 Å². The molecule has 0 radical (unpaired) electrons. The van der Waals surface area contributed by atoms with Crippen LogP contribution in [0, 0.1) is 17.8 Å². The number of rotatable bonds is 9. The van der Waals surface area contributed by atoms with Gasteiger partial charge in [0, 0.05) is 12.3 Å². The topological polar surface area (TPSA) is 102 Å². The second-order valence-corrected chi connectivity index (χ2v) is 8.62. The van der Waals surface area contributed by atoms with E-state index in [1.54, 1.807) is 19.1 Å². The predicted octanol–water partition coefficient (Wildman–Crippen LogP) is 4.75. The summed E-state index contributed by atoms with van der Waals surface area (Å²) in [5.41, 5.74) is 4.98. The summed E-state index contributed by atoms with van der Waals surface area (Å²) in [6, 6.07) is 23.3. The Bertz CT molecular complexity index is 1300. The molecule has 0 bridgehead atoms.